The van der Waals surface area contributed by atoms with Gasteiger partial charge in [0.2, 0.25) is 0 Å². The Bertz CT molecular complexity index is 759. The van der Waals surface area contributed by atoms with Crippen LogP contribution in [-0.4, -0.2) is 15.8 Å². The molecule has 0 aliphatic rings. The highest BCUT2D eigenvalue weighted by Crippen LogP contribution is 2.32. The van der Waals surface area contributed by atoms with Crippen molar-refractivity contribution < 1.29 is 4.79 Å². The molecule has 0 radical (unpaired) electrons. The van der Waals surface area contributed by atoms with Gasteiger partial charge in [-0.15, -0.1) is 0 Å². The molecule has 0 aliphatic heterocycles. The van der Waals surface area contributed by atoms with Crippen LogP contribution in [0.2, 0.25) is 0 Å². The lowest BCUT2D eigenvalue weighted by molar-refractivity contribution is 0.101. The third-order valence-corrected chi connectivity index (χ3v) is 3.75. The molecule has 1 aromatic carbocycles. The second-order valence-electron chi connectivity index (χ2n) is 4.35. The number of H-pyrrole nitrogens is 1. The summed E-state index contributed by atoms with van der Waals surface area (Å²) in [6, 6.07) is 9.61. The van der Waals surface area contributed by atoms with Crippen molar-refractivity contribution in [3.05, 3.63) is 52.8 Å². The fourth-order valence-electron chi connectivity index (χ4n) is 2.14. The maximum Gasteiger partial charge on any atom is 0.159 e. The molecule has 3 aromatic rings. The van der Waals surface area contributed by atoms with Crippen LogP contribution in [0.25, 0.3) is 22.2 Å². The number of carbonyl (C=O) groups is 1. The van der Waals surface area contributed by atoms with Gasteiger partial charge in [-0.05, 0) is 40.0 Å². The number of aromatic nitrogens is 2. The maximum absolute atomic E-state index is 11.3. The Hall–Kier alpha value is -1.94. The van der Waals surface area contributed by atoms with E-state index >= 15 is 0 Å². The number of pyridine rings is 1. The summed E-state index contributed by atoms with van der Waals surface area (Å²) in [7, 11) is 0. The molecule has 0 unspecified atom stereocenters. The lowest BCUT2D eigenvalue weighted by Crippen LogP contribution is -1.91. The third-order valence-electron chi connectivity index (χ3n) is 3.13. The first-order valence-corrected chi connectivity index (χ1v) is 6.69. The summed E-state index contributed by atoms with van der Waals surface area (Å²) < 4.78 is 0.987. The van der Waals surface area contributed by atoms with Crippen molar-refractivity contribution >= 4 is 32.7 Å². The Labute approximate surface area is 118 Å². The van der Waals surface area contributed by atoms with Crippen LogP contribution in [-0.2, 0) is 0 Å². The molecule has 94 valence electrons. The summed E-state index contributed by atoms with van der Waals surface area (Å²) >= 11 is 3.53. The second-order valence-corrected chi connectivity index (χ2v) is 5.21. The van der Waals surface area contributed by atoms with Crippen LogP contribution in [0.5, 0.6) is 0 Å². The summed E-state index contributed by atoms with van der Waals surface area (Å²) in [5.74, 6) is 0.0780. The molecule has 1 N–H and O–H groups in total. The number of aromatic amines is 1. The van der Waals surface area contributed by atoms with Gasteiger partial charge in [0.1, 0.15) is 5.65 Å². The standard InChI is InChI=1S/C15H11BrN2O/c1-9(19)10-2-4-11(5-3-10)12-6-7-17-15-14(12)13(16)8-18-15/h2-8H,1H3,(H,17,18). The molecule has 0 saturated carbocycles. The zero-order valence-electron chi connectivity index (χ0n) is 10.3. The lowest BCUT2D eigenvalue weighted by Gasteiger charge is -2.05. The molecule has 0 saturated heterocycles. The summed E-state index contributed by atoms with van der Waals surface area (Å²) in [6.45, 7) is 1.57. The number of ketones is 1. The predicted molar refractivity (Wildman–Crippen MR) is 79.2 cm³/mol. The fourth-order valence-corrected chi connectivity index (χ4v) is 2.66. The summed E-state index contributed by atoms with van der Waals surface area (Å²) in [6.07, 6.45) is 3.66. The number of fused-ring (bicyclic) bond motifs is 1. The molecular weight excluding hydrogens is 304 g/mol. The van der Waals surface area contributed by atoms with Gasteiger partial charge in [-0.25, -0.2) is 4.98 Å². The molecule has 0 atom stereocenters. The number of halogens is 1. The number of benzene rings is 1. The average Bonchev–Trinajstić information content (AvgIpc) is 2.81. The van der Waals surface area contributed by atoms with Crippen LogP contribution in [0.15, 0.2) is 47.2 Å². The highest BCUT2D eigenvalue weighted by molar-refractivity contribution is 9.10. The van der Waals surface area contributed by atoms with E-state index in [1.54, 1.807) is 13.1 Å². The van der Waals surface area contributed by atoms with Crippen molar-refractivity contribution in [2.24, 2.45) is 0 Å². The molecular formula is C15H11BrN2O. The molecule has 4 heteroatoms. The molecule has 0 fully saturated rings. The maximum atomic E-state index is 11.3. The van der Waals surface area contributed by atoms with E-state index in [9.17, 15) is 4.79 Å². The number of nitrogens with zero attached hydrogens (tertiary/aromatic N) is 1. The molecule has 0 aliphatic carbocycles. The van der Waals surface area contributed by atoms with E-state index in [1.807, 2.05) is 36.5 Å². The van der Waals surface area contributed by atoms with Gasteiger partial charge in [0, 0.05) is 27.8 Å². The van der Waals surface area contributed by atoms with Gasteiger partial charge in [0.05, 0.1) is 0 Å². The molecule has 2 heterocycles. The number of hydrogen-bond donors (Lipinski definition) is 1. The van der Waals surface area contributed by atoms with Crippen LogP contribution in [0.4, 0.5) is 0 Å². The first kappa shape index (κ1) is 12.1. The summed E-state index contributed by atoms with van der Waals surface area (Å²) in [4.78, 5) is 18.7. The van der Waals surface area contributed by atoms with Crippen molar-refractivity contribution in [3.8, 4) is 11.1 Å². The van der Waals surface area contributed by atoms with Gasteiger partial charge in [-0.3, -0.25) is 4.79 Å². The number of Topliss-reactive ketones (excluding diaryl/α,β-unsaturated/α-hetero) is 1. The molecule has 3 rings (SSSR count). The van der Waals surface area contributed by atoms with E-state index in [0.29, 0.717) is 0 Å². The predicted octanol–water partition coefficient (Wildman–Crippen LogP) is 4.20. The van der Waals surface area contributed by atoms with E-state index in [2.05, 4.69) is 25.9 Å². The fraction of sp³-hybridized carbons (Fsp3) is 0.0667. The lowest BCUT2D eigenvalue weighted by atomic mass is 10.0. The smallest absolute Gasteiger partial charge is 0.159 e. The van der Waals surface area contributed by atoms with Crippen LogP contribution < -0.4 is 0 Å². The zero-order valence-corrected chi connectivity index (χ0v) is 11.9. The molecule has 0 amide bonds. The van der Waals surface area contributed by atoms with E-state index in [4.69, 9.17) is 0 Å². The highest BCUT2D eigenvalue weighted by Gasteiger charge is 2.09. The second kappa shape index (κ2) is 4.63. The number of nitrogens with one attached hydrogen (secondary N) is 1. The number of hydrogen-bond acceptors (Lipinski definition) is 2. The number of rotatable bonds is 2. The highest BCUT2D eigenvalue weighted by atomic mass is 79.9. The SMILES string of the molecule is CC(=O)c1ccc(-c2ccnc3[nH]cc(Br)c23)cc1. The average molecular weight is 315 g/mol. The Morgan fingerprint density at radius 3 is 2.63 bits per heavy atom. The molecule has 0 bridgehead atoms. The van der Waals surface area contributed by atoms with Crippen molar-refractivity contribution in [2.75, 3.05) is 0 Å². The quantitative estimate of drug-likeness (QED) is 0.721. The van der Waals surface area contributed by atoms with E-state index in [-0.39, 0.29) is 5.78 Å². The van der Waals surface area contributed by atoms with Gasteiger partial charge < -0.3 is 4.98 Å². The van der Waals surface area contributed by atoms with Gasteiger partial charge in [0.15, 0.2) is 5.78 Å². The first-order chi connectivity index (χ1) is 9.16. The van der Waals surface area contributed by atoms with Gasteiger partial charge in [0.25, 0.3) is 0 Å². The minimum Gasteiger partial charge on any atom is -0.345 e. The van der Waals surface area contributed by atoms with Crippen molar-refractivity contribution in [3.63, 3.8) is 0 Å². The van der Waals surface area contributed by atoms with E-state index in [0.717, 1.165) is 32.2 Å². The van der Waals surface area contributed by atoms with E-state index < -0.39 is 0 Å². The summed E-state index contributed by atoms with van der Waals surface area (Å²) in [5.41, 5.74) is 3.73. The normalized spacial score (nSPS) is 10.8. The molecule has 3 nitrogen and oxygen atoms in total. The third kappa shape index (κ3) is 2.08. The molecule has 0 spiro atoms. The van der Waals surface area contributed by atoms with Crippen LogP contribution in [0.3, 0.4) is 0 Å². The minimum absolute atomic E-state index is 0.0780. The zero-order chi connectivity index (χ0) is 13.4. The Balaban J connectivity index is 2.18. The van der Waals surface area contributed by atoms with Gasteiger partial charge >= 0.3 is 0 Å². The van der Waals surface area contributed by atoms with Gasteiger partial charge in [-0.2, -0.15) is 0 Å². The van der Waals surface area contributed by atoms with Crippen LogP contribution in [0, 0.1) is 0 Å². The van der Waals surface area contributed by atoms with E-state index in [1.165, 1.54) is 0 Å². The number of carbonyl (C=O) groups excluding carboxylic acids is 1. The monoisotopic (exact) mass is 314 g/mol. The minimum atomic E-state index is 0.0780. The molecule has 2 aromatic heterocycles. The van der Waals surface area contributed by atoms with Crippen molar-refractivity contribution in [1.82, 2.24) is 9.97 Å². The van der Waals surface area contributed by atoms with Gasteiger partial charge in [-0.1, -0.05) is 24.3 Å². The largest absolute Gasteiger partial charge is 0.345 e. The summed E-state index contributed by atoms with van der Waals surface area (Å²) in [5, 5.41) is 1.05. The molecule has 19 heavy (non-hydrogen) atoms. The first-order valence-electron chi connectivity index (χ1n) is 5.90. The topological polar surface area (TPSA) is 45.8 Å². The Morgan fingerprint density at radius 2 is 1.95 bits per heavy atom. The van der Waals surface area contributed by atoms with Crippen molar-refractivity contribution in [1.29, 1.82) is 0 Å². The van der Waals surface area contributed by atoms with Crippen molar-refractivity contribution in [2.45, 2.75) is 6.92 Å². The Morgan fingerprint density at radius 1 is 1.21 bits per heavy atom. The van der Waals surface area contributed by atoms with Crippen LogP contribution >= 0.6 is 15.9 Å². The van der Waals surface area contributed by atoms with Crippen LogP contribution in [0.1, 0.15) is 17.3 Å². The Kier molecular flexibility index (Phi) is 2.95.